The molecule has 64 valence electrons. The fourth-order valence-corrected chi connectivity index (χ4v) is 1.03. The van der Waals surface area contributed by atoms with Gasteiger partial charge < -0.3 is 10.2 Å². The van der Waals surface area contributed by atoms with Gasteiger partial charge in [0.15, 0.2) is 11.4 Å². The lowest BCUT2D eigenvalue weighted by Gasteiger charge is -2.00. The van der Waals surface area contributed by atoms with Gasteiger partial charge in [-0.2, -0.15) is 0 Å². The number of aromatic hydroxyl groups is 1. The minimum Gasteiger partial charge on any atom is -0.505 e. The number of carboxylic acids is 1. The molecule has 0 aromatic carbocycles. The largest absolute Gasteiger partial charge is 0.505 e. The summed E-state index contributed by atoms with van der Waals surface area (Å²) in [5.74, 6) is -1.78. The summed E-state index contributed by atoms with van der Waals surface area (Å²) >= 11 is 10.8. The van der Waals surface area contributed by atoms with Crippen LogP contribution in [0.1, 0.15) is 10.5 Å². The molecule has 12 heavy (non-hydrogen) atoms. The van der Waals surface area contributed by atoms with Crippen molar-refractivity contribution < 1.29 is 15.0 Å². The Morgan fingerprint density at radius 1 is 1.50 bits per heavy atom. The molecule has 1 heterocycles. The monoisotopic (exact) mass is 207 g/mol. The SMILES string of the molecule is O=C(O)c1ncc(Cl)c(O)c1Cl. The zero-order chi connectivity index (χ0) is 9.30. The summed E-state index contributed by atoms with van der Waals surface area (Å²) in [4.78, 5) is 13.8. The highest BCUT2D eigenvalue weighted by Crippen LogP contribution is 2.32. The molecule has 0 saturated carbocycles. The maximum atomic E-state index is 10.4. The Hall–Kier alpha value is -1.00. The van der Waals surface area contributed by atoms with Gasteiger partial charge in [0.2, 0.25) is 0 Å². The number of halogens is 2. The van der Waals surface area contributed by atoms with Crippen molar-refractivity contribution in [2.45, 2.75) is 0 Å². The van der Waals surface area contributed by atoms with Crippen LogP contribution in [0.2, 0.25) is 10.0 Å². The van der Waals surface area contributed by atoms with Gasteiger partial charge in [-0.05, 0) is 0 Å². The molecule has 0 aliphatic rings. The first-order valence-corrected chi connectivity index (χ1v) is 3.56. The van der Waals surface area contributed by atoms with Gasteiger partial charge in [0.25, 0.3) is 0 Å². The molecule has 0 saturated heterocycles. The maximum absolute atomic E-state index is 10.4. The third-order valence-corrected chi connectivity index (χ3v) is 1.79. The van der Waals surface area contributed by atoms with Crippen molar-refractivity contribution >= 4 is 29.2 Å². The molecular formula is C6H3Cl2NO3. The van der Waals surface area contributed by atoms with E-state index in [9.17, 15) is 4.79 Å². The Kier molecular flexibility index (Phi) is 2.40. The van der Waals surface area contributed by atoms with E-state index in [2.05, 4.69) is 4.98 Å². The van der Waals surface area contributed by atoms with Crippen LogP contribution in [0.15, 0.2) is 6.20 Å². The molecule has 0 spiro atoms. The number of hydrogen-bond acceptors (Lipinski definition) is 3. The van der Waals surface area contributed by atoms with E-state index >= 15 is 0 Å². The molecule has 4 nitrogen and oxygen atoms in total. The molecule has 1 aromatic heterocycles. The fraction of sp³-hybridized carbons (Fsp3) is 0. The molecule has 0 aliphatic carbocycles. The summed E-state index contributed by atoms with van der Waals surface area (Å²) in [5.41, 5.74) is -0.418. The standard InChI is InChI=1S/C6H3Cl2NO3/c7-2-1-9-4(6(11)12)3(8)5(2)10/h1H,(H,9,10)(H,11,12). The summed E-state index contributed by atoms with van der Waals surface area (Å²) in [6.45, 7) is 0. The average molecular weight is 208 g/mol. The number of aromatic nitrogens is 1. The lowest BCUT2D eigenvalue weighted by atomic mass is 10.3. The molecule has 1 aromatic rings. The van der Waals surface area contributed by atoms with Crippen molar-refractivity contribution in [1.29, 1.82) is 0 Å². The third-order valence-electron chi connectivity index (χ3n) is 1.15. The number of carbonyl (C=O) groups is 1. The summed E-state index contributed by atoms with van der Waals surface area (Å²) < 4.78 is 0. The van der Waals surface area contributed by atoms with Crippen molar-refractivity contribution in [3.05, 3.63) is 21.9 Å². The van der Waals surface area contributed by atoms with Gasteiger partial charge in [-0.3, -0.25) is 0 Å². The van der Waals surface area contributed by atoms with Gasteiger partial charge in [-0.25, -0.2) is 9.78 Å². The number of rotatable bonds is 1. The average Bonchev–Trinajstić information content (AvgIpc) is 2.00. The fourth-order valence-electron chi connectivity index (χ4n) is 0.605. The smallest absolute Gasteiger partial charge is 0.356 e. The van der Waals surface area contributed by atoms with E-state index in [0.29, 0.717) is 0 Å². The van der Waals surface area contributed by atoms with E-state index in [-0.39, 0.29) is 10.0 Å². The number of hydrogen-bond donors (Lipinski definition) is 2. The van der Waals surface area contributed by atoms with Crippen LogP contribution in [0.3, 0.4) is 0 Å². The maximum Gasteiger partial charge on any atom is 0.356 e. The van der Waals surface area contributed by atoms with Gasteiger partial charge >= 0.3 is 5.97 Å². The summed E-state index contributed by atoms with van der Waals surface area (Å²) in [6, 6.07) is 0. The summed E-state index contributed by atoms with van der Waals surface area (Å²) in [7, 11) is 0. The minimum absolute atomic E-state index is 0.0787. The van der Waals surface area contributed by atoms with Gasteiger partial charge in [0.1, 0.15) is 10.0 Å². The zero-order valence-electron chi connectivity index (χ0n) is 5.58. The molecule has 0 unspecified atom stereocenters. The zero-order valence-corrected chi connectivity index (χ0v) is 7.10. The highest BCUT2D eigenvalue weighted by atomic mass is 35.5. The Labute approximate surface area is 77.4 Å². The number of aromatic carboxylic acids is 1. The van der Waals surface area contributed by atoms with Gasteiger partial charge in [0, 0.05) is 0 Å². The molecule has 0 aliphatic heterocycles. The lowest BCUT2D eigenvalue weighted by molar-refractivity contribution is 0.0690. The molecule has 1 rings (SSSR count). The van der Waals surface area contributed by atoms with E-state index < -0.39 is 17.4 Å². The highest BCUT2D eigenvalue weighted by molar-refractivity contribution is 6.38. The Bertz CT molecular complexity index is 340. The number of carboxylic acid groups (broad SMARTS) is 1. The van der Waals surface area contributed by atoms with E-state index in [1.807, 2.05) is 0 Å². The van der Waals surface area contributed by atoms with Crippen molar-refractivity contribution in [1.82, 2.24) is 4.98 Å². The van der Waals surface area contributed by atoms with Crippen molar-refractivity contribution in [2.24, 2.45) is 0 Å². The van der Waals surface area contributed by atoms with Crippen LogP contribution in [-0.2, 0) is 0 Å². The summed E-state index contributed by atoms with van der Waals surface area (Å²) in [6.07, 6.45) is 1.02. The van der Waals surface area contributed by atoms with Gasteiger partial charge in [0.05, 0.1) is 6.20 Å². The van der Waals surface area contributed by atoms with Crippen LogP contribution in [0.4, 0.5) is 0 Å². The molecule has 6 heteroatoms. The highest BCUT2D eigenvalue weighted by Gasteiger charge is 2.15. The molecule has 0 amide bonds. The number of pyridine rings is 1. The van der Waals surface area contributed by atoms with E-state index in [1.165, 1.54) is 0 Å². The van der Waals surface area contributed by atoms with Crippen molar-refractivity contribution in [2.75, 3.05) is 0 Å². The first-order chi connectivity index (χ1) is 5.54. The van der Waals surface area contributed by atoms with E-state index in [1.54, 1.807) is 0 Å². The second kappa shape index (κ2) is 3.16. The second-order valence-corrected chi connectivity index (χ2v) is 2.71. The molecular weight excluding hydrogens is 205 g/mol. The lowest BCUT2D eigenvalue weighted by Crippen LogP contribution is -2.00. The molecule has 0 fully saturated rings. The Morgan fingerprint density at radius 2 is 2.08 bits per heavy atom. The predicted octanol–water partition coefficient (Wildman–Crippen LogP) is 1.79. The van der Waals surface area contributed by atoms with Crippen molar-refractivity contribution in [3.63, 3.8) is 0 Å². The van der Waals surface area contributed by atoms with Crippen LogP contribution in [-0.4, -0.2) is 21.2 Å². The minimum atomic E-state index is -1.31. The first-order valence-electron chi connectivity index (χ1n) is 2.80. The molecule has 0 radical (unpaired) electrons. The van der Waals surface area contributed by atoms with Crippen LogP contribution >= 0.6 is 23.2 Å². The molecule has 0 bridgehead atoms. The van der Waals surface area contributed by atoms with E-state index in [4.69, 9.17) is 33.4 Å². The predicted molar refractivity (Wildman–Crippen MR) is 42.9 cm³/mol. The van der Waals surface area contributed by atoms with Crippen LogP contribution in [0, 0.1) is 0 Å². The Morgan fingerprint density at radius 3 is 2.58 bits per heavy atom. The number of nitrogens with zero attached hydrogens (tertiary/aromatic N) is 1. The Balaban J connectivity index is 3.36. The third kappa shape index (κ3) is 1.44. The van der Waals surface area contributed by atoms with E-state index in [0.717, 1.165) is 6.20 Å². The first kappa shape index (κ1) is 9.09. The van der Waals surface area contributed by atoms with Crippen LogP contribution in [0.5, 0.6) is 5.75 Å². The topological polar surface area (TPSA) is 70.4 Å². The quantitative estimate of drug-likeness (QED) is 0.737. The van der Waals surface area contributed by atoms with Crippen LogP contribution < -0.4 is 0 Å². The molecule has 0 atom stereocenters. The van der Waals surface area contributed by atoms with Gasteiger partial charge in [-0.1, -0.05) is 23.2 Å². The van der Waals surface area contributed by atoms with Crippen LogP contribution in [0.25, 0.3) is 0 Å². The summed E-state index contributed by atoms with van der Waals surface area (Å²) in [5, 5.41) is 17.1. The second-order valence-electron chi connectivity index (χ2n) is 1.92. The van der Waals surface area contributed by atoms with Crippen molar-refractivity contribution in [3.8, 4) is 5.75 Å². The normalized spacial score (nSPS) is 9.83. The molecule has 2 N–H and O–H groups in total. The van der Waals surface area contributed by atoms with Gasteiger partial charge in [-0.15, -0.1) is 0 Å².